The molecule has 10 heteroatoms. The van der Waals surface area contributed by atoms with Gasteiger partial charge in [0.1, 0.15) is 11.2 Å². The van der Waals surface area contributed by atoms with Crippen LogP contribution in [0.25, 0.3) is 16.6 Å². The average molecular weight is 510 g/mol. The van der Waals surface area contributed by atoms with Gasteiger partial charge in [0.05, 0.1) is 21.1 Å². The molecule has 8 nitrogen and oxygen atoms in total. The summed E-state index contributed by atoms with van der Waals surface area (Å²) in [7, 11) is 2.15. The lowest BCUT2D eigenvalue weighted by molar-refractivity contribution is 0.313. The fourth-order valence-electron chi connectivity index (χ4n) is 4.18. The van der Waals surface area contributed by atoms with E-state index in [2.05, 4.69) is 49.4 Å². The number of halogens is 2. The van der Waals surface area contributed by atoms with E-state index in [1.165, 1.54) is 16.6 Å². The number of anilines is 3. The van der Waals surface area contributed by atoms with Crippen molar-refractivity contribution in [1.82, 2.24) is 24.6 Å². The van der Waals surface area contributed by atoms with Gasteiger partial charge in [0.2, 0.25) is 5.95 Å². The minimum Gasteiger partial charge on any atom is -0.369 e. The predicted octanol–water partition coefficient (Wildman–Crippen LogP) is 4.54. The molecule has 1 aliphatic rings. The molecule has 0 aliphatic carbocycles. The molecular weight excluding hydrogens is 485 g/mol. The van der Waals surface area contributed by atoms with Crippen LogP contribution in [0.4, 0.5) is 17.3 Å². The highest BCUT2D eigenvalue weighted by Gasteiger charge is 2.18. The van der Waals surface area contributed by atoms with Gasteiger partial charge in [0, 0.05) is 43.8 Å². The topological polar surface area (TPSA) is 79.2 Å². The van der Waals surface area contributed by atoms with E-state index in [4.69, 9.17) is 23.2 Å². The van der Waals surface area contributed by atoms with Crippen LogP contribution in [0.15, 0.2) is 53.5 Å². The summed E-state index contributed by atoms with van der Waals surface area (Å²) >= 11 is 12.7. The standard InChI is InChI=1S/C25H25Cl2N7O/c1-3-21-22-18(24(35)34(31-21)23-19(26)5-4-6-20(23)27)15-28-25(30-22)29-16-7-9-17(10-8-16)33-13-11-32(2)12-14-33/h4-10,15H,3,11-14H2,1-2H3,(H,28,29,30). The van der Waals surface area contributed by atoms with E-state index >= 15 is 0 Å². The second kappa shape index (κ2) is 9.81. The third-order valence-electron chi connectivity index (χ3n) is 6.18. The maximum absolute atomic E-state index is 13.3. The summed E-state index contributed by atoms with van der Waals surface area (Å²) in [5.41, 5.74) is 3.18. The van der Waals surface area contributed by atoms with Gasteiger partial charge in [-0.1, -0.05) is 36.2 Å². The first kappa shape index (κ1) is 23.5. The van der Waals surface area contributed by atoms with E-state index in [-0.39, 0.29) is 5.56 Å². The van der Waals surface area contributed by atoms with Crippen LogP contribution in [0.1, 0.15) is 12.6 Å². The van der Waals surface area contributed by atoms with Crippen LogP contribution in [0.5, 0.6) is 0 Å². The Labute approximate surface area is 213 Å². The zero-order valence-corrected chi connectivity index (χ0v) is 21.0. The molecule has 180 valence electrons. The lowest BCUT2D eigenvalue weighted by atomic mass is 10.2. The molecule has 1 saturated heterocycles. The molecule has 1 aliphatic heterocycles. The second-order valence-electron chi connectivity index (χ2n) is 8.51. The summed E-state index contributed by atoms with van der Waals surface area (Å²) in [5, 5.41) is 8.81. The first-order valence-electron chi connectivity index (χ1n) is 11.5. The molecule has 35 heavy (non-hydrogen) atoms. The summed E-state index contributed by atoms with van der Waals surface area (Å²) in [4.78, 5) is 27.0. The first-order valence-corrected chi connectivity index (χ1v) is 12.2. The molecule has 4 aromatic rings. The third-order valence-corrected chi connectivity index (χ3v) is 6.79. The van der Waals surface area contributed by atoms with E-state index in [0.29, 0.717) is 44.7 Å². The number of benzene rings is 2. The number of piperazine rings is 1. The van der Waals surface area contributed by atoms with Gasteiger partial charge < -0.3 is 15.1 Å². The van der Waals surface area contributed by atoms with Crippen molar-refractivity contribution in [3.8, 4) is 5.69 Å². The second-order valence-corrected chi connectivity index (χ2v) is 9.32. The van der Waals surface area contributed by atoms with Gasteiger partial charge in [-0.2, -0.15) is 9.78 Å². The van der Waals surface area contributed by atoms with E-state index in [1.54, 1.807) is 18.2 Å². The number of hydrogen-bond acceptors (Lipinski definition) is 7. The quantitative estimate of drug-likeness (QED) is 0.422. The number of rotatable bonds is 5. The number of likely N-dealkylation sites (N-methyl/N-ethyl adjacent to an activating group) is 1. The summed E-state index contributed by atoms with van der Waals surface area (Å²) in [6.07, 6.45) is 2.09. The van der Waals surface area contributed by atoms with Gasteiger partial charge in [0.25, 0.3) is 5.56 Å². The minimum atomic E-state index is -0.379. The Morgan fingerprint density at radius 2 is 1.69 bits per heavy atom. The molecule has 2 aromatic heterocycles. The average Bonchev–Trinajstić information content (AvgIpc) is 2.86. The number of nitrogens with one attached hydrogen (secondary N) is 1. The van der Waals surface area contributed by atoms with Crippen molar-refractivity contribution in [3.05, 3.63) is 74.8 Å². The Kier molecular flexibility index (Phi) is 6.60. The Morgan fingerprint density at radius 3 is 2.34 bits per heavy atom. The third kappa shape index (κ3) is 4.69. The molecule has 2 aromatic carbocycles. The first-order chi connectivity index (χ1) is 16.9. The summed E-state index contributed by atoms with van der Waals surface area (Å²) < 4.78 is 1.24. The van der Waals surface area contributed by atoms with Crippen LogP contribution in [0.3, 0.4) is 0 Å². The highest BCUT2D eigenvalue weighted by Crippen LogP contribution is 2.28. The lowest BCUT2D eigenvalue weighted by Crippen LogP contribution is -2.44. The van der Waals surface area contributed by atoms with Crippen LogP contribution < -0.4 is 15.8 Å². The number of aromatic nitrogens is 4. The lowest BCUT2D eigenvalue weighted by Gasteiger charge is -2.34. The molecular formula is C25H25Cl2N7O. The smallest absolute Gasteiger partial charge is 0.282 e. The van der Waals surface area contributed by atoms with Crippen LogP contribution in [0.2, 0.25) is 10.0 Å². The highest BCUT2D eigenvalue weighted by atomic mass is 35.5. The van der Waals surface area contributed by atoms with E-state index in [9.17, 15) is 4.79 Å². The van der Waals surface area contributed by atoms with Gasteiger partial charge in [-0.05, 0) is 49.9 Å². The molecule has 0 atom stereocenters. The predicted molar refractivity (Wildman–Crippen MR) is 142 cm³/mol. The van der Waals surface area contributed by atoms with Gasteiger partial charge in [-0.25, -0.2) is 9.97 Å². The molecule has 0 bridgehead atoms. The van der Waals surface area contributed by atoms with Crippen LogP contribution in [-0.2, 0) is 6.42 Å². The van der Waals surface area contributed by atoms with Gasteiger partial charge in [-0.3, -0.25) is 4.79 Å². The number of para-hydroxylation sites is 1. The van der Waals surface area contributed by atoms with E-state index < -0.39 is 0 Å². The monoisotopic (exact) mass is 509 g/mol. The minimum absolute atomic E-state index is 0.340. The highest BCUT2D eigenvalue weighted by molar-refractivity contribution is 6.37. The number of hydrogen-bond donors (Lipinski definition) is 1. The van der Waals surface area contributed by atoms with Crippen molar-refractivity contribution in [2.45, 2.75) is 13.3 Å². The van der Waals surface area contributed by atoms with E-state index in [1.807, 2.05) is 19.1 Å². The van der Waals surface area contributed by atoms with Crippen molar-refractivity contribution in [2.75, 3.05) is 43.4 Å². The molecule has 0 radical (unpaired) electrons. The Balaban J connectivity index is 1.45. The van der Waals surface area contributed by atoms with Crippen molar-refractivity contribution < 1.29 is 0 Å². The molecule has 0 amide bonds. The normalized spacial score (nSPS) is 14.5. The molecule has 1 fully saturated rings. The molecule has 5 rings (SSSR count). The van der Waals surface area contributed by atoms with Gasteiger partial charge >= 0.3 is 0 Å². The van der Waals surface area contributed by atoms with E-state index in [0.717, 1.165) is 31.9 Å². The molecule has 0 saturated carbocycles. The van der Waals surface area contributed by atoms with Crippen LogP contribution in [0, 0.1) is 0 Å². The Bertz CT molecular complexity index is 1410. The Morgan fingerprint density at radius 1 is 1.00 bits per heavy atom. The fourth-order valence-corrected chi connectivity index (χ4v) is 4.73. The molecule has 3 heterocycles. The summed E-state index contributed by atoms with van der Waals surface area (Å²) in [6, 6.07) is 13.3. The maximum atomic E-state index is 13.3. The molecule has 0 unspecified atom stereocenters. The Hall–Kier alpha value is -3.20. The van der Waals surface area contributed by atoms with Crippen molar-refractivity contribution in [1.29, 1.82) is 0 Å². The number of nitrogens with zero attached hydrogens (tertiary/aromatic N) is 6. The molecule has 1 N–H and O–H groups in total. The van der Waals surface area contributed by atoms with Gasteiger partial charge in [-0.15, -0.1) is 0 Å². The summed E-state index contributed by atoms with van der Waals surface area (Å²) in [6.45, 7) is 6.10. The van der Waals surface area contributed by atoms with Crippen molar-refractivity contribution >= 4 is 51.4 Å². The largest absolute Gasteiger partial charge is 0.369 e. The summed E-state index contributed by atoms with van der Waals surface area (Å²) in [5.74, 6) is 0.397. The maximum Gasteiger partial charge on any atom is 0.282 e. The SMILES string of the molecule is CCc1nn(-c2c(Cl)cccc2Cl)c(=O)c2cnc(Nc3ccc(N4CCN(C)CC4)cc3)nc12. The zero-order chi connectivity index (χ0) is 24.5. The van der Waals surface area contributed by atoms with Crippen LogP contribution >= 0.6 is 23.2 Å². The van der Waals surface area contributed by atoms with Gasteiger partial charge in [0.15, 0.2) is 0 Å². The number of fused-ring (bicyclic) bond motifs is 1. The van der Waals surface area contributed by atoms with Crippen LogP contribution in [-0.4, -0.2) is 57.9 Å². The number of aryl methyl sites for hydroxylation is 1. The zero-order valence-electron chi connectivity index (χ0n) is 19.5. The molecule has 0 spiro atoms. The fraction of sp³-hybridized carbons (Fsp3) is 0.280. The van der Waals surface area contributed by atoms with Crippen molar-refractivity contribution in [2.24, 2.45) is 0 Å². The van der Waals surface area contributed by atoms with Crippen molar-refractivity contribution in [3.63, 3.8) is 0 Å².